The third-order valence-electron chi connectivity index (χ3n) is 2.34. The van der Waals surface area contributed by atoms with Crippen LogP contribution in [0.5, 0.6) is 0 Å². The SMILES string of the molecule is c1ccc(CCC[Se]c2ccccn2)cc1. The second-order valence-corrected chi connectivity index (χ2v) is 5.95. The molecule has 2 rings (SSSR count). The molecule has 0 aliphatic heterocycles. The molecule has 1 nitrogen and oxygen atoms in total. The van der Waals surface area contributed by atoms with E-state index in [1.807, 2.05) is 12.3 Å². The van der Waals surface area contributed by atoms with E-state index in [0.717, 1.165) is 0 Å². The van der Waals surface area contributed by atoms with Crippen molar-refractivity contribution in [2.75, 3.05) is 0 Å². The average Bonchev–Trinajstić information content (AvgIpc) is 2.37. The average molecular weight is 276 g/mol. The second kappa shape index (κ2) is 6.47. The van der Waals surface area contributed by atoms with E-state index in [4.69, 9.17) is 0 Å². The molecule has 0 N–H and O–H groups in total. The fraction of sp³-hybridized carbons (Fsp3) is 0.214. The molecule has 1 aromatic carbocycles. The fourth-order valence-corrected chi connectivity index (χ4v) is 3.23. The Bertz CT molecular complexity index is 358. The van der Waals surface area contributed by atoms with Crippen LogP contribution in [0.25, 0.3) is 0 Å². The van der Waals surface area contributed by atoms with Gasteiger partial charge in [-0.05, 0) is 0 Å². The van der Waals surface area contributed by atoms with E-state index in [1.54, 1.807) is 0 Å². The van der Waals surface area contributed by atoms with Gasteiger partial charge < -0.3 is 0 Å². The molecule has 0 fully saturated rings. The molecule has 0 radical (unpaired) electrons. The van der Waals surface area contributed by atoms with Crippen LogP contribution in [-0.4, -0.2) is 19.9 Å². The number of benzene rings is 1. The molecule has 0 spiro atoms. The van der Waals surface area contributed by atoms with Crippen LogP contribution >= 0.6 is 0 Å². The van der Waals surface area contributed by atoms with Gasteiger partial charge in [-0.25, -0.2) is 0 Å². The van der Waals surface area contributed by atoms with Crippen molar-refractivity contribution >= 4 is 19.5 Å². The number of hydrogen-bond donors (Lipinski definition) is 0. The van der Waals surface area contributed by atoms with Crippen molar-refractivity contribution in [3.8, 4) is 0 Å². The summed E-state index contributed by atoms with van der Waals surface area (Å²) in [5.74, 6) is 0. The van der Waals surface area contributed by atoms with Gasteiger partial charge in [-0.15, -0.1) is 0 Å². The van der Waals surface area contributed by atoms with Crippen molar-refractivity contribution in [3.05, 3.63) is 60.3 Å². The van der Waals surface area contributed by atoms with Gasteiger partial charge in [0.05, 0.1) is 0 Å². The van der Waals surface area contributed by atoms with E-state index in [-0.39, 0.29) is 0 Å². The van der Waals surface area contributed by atoms with Crippen LogP contribution in [-0.2, 0) is 6.42 Å². The first kappa shape index (κ1) is 11.4. The van der Waals surface area contributed by atoms with Crippen molar-refractivity contribution in [2.45, 2.75) is 18.2 Å². The van der Waals surface area contributed by atoms with Crippen LogP contribution in [0.2, 0.25) is 5.32 Å². The zero-order valence-electron chi connectivity index (χ0n) is 9.17. The molecule has 82 valence electrons. The molecular weight excluding hydrogens is 261 g/mol. The Morgan fingerprint density at radius 2 is 1.75 bits per heavy atom. The number of rotatable bonds is 5. The third kappa shape index (κ3) is 3.80. The number of pyridine rings is 1. The van der Waals surface area contributed by atoms with E-state index >= 15 is 0 Å². The molecular formula is C14H15NSe. The maximum atomic E-state index is 4.35. The predicted molar refractivity (Wildman–Crippen MR) is 69.2 cm³/mol. The second-order valence-electron chi connectivity index (χ2n) is 3.61. The van der Waals surface area contributed by atoms with E-state index in [9.17, 15) is 0 Å². The summed E-state index contributed by atoms with van der Waals surface area (Å²) in [4.78, 5) is 4.35. The van der Waals surface area contributed by atoms with E-state index in [1.165, 1.54) is 28.3 Å². The molecule has 0 saturated heterocycles. The molecule has 0 atom stereocenters. The van der Waals surface area contributed by atoms with Crippen LogP contribution in [0.3, 0.4) is 0 Å². The quantitative estimate of drug-likeness (QED) is 0.604. The summed E-state index contributed by atoms with van der Waals surface area (Å²) in [6.07, 6.45) is 4.34. The summed E-state index contributed by atoms with van der Waals surface area (Å²) < 4.78 is 1.27. The maximum absolute atomic E-state index is 4.35. The van der Waals surface area contributed by atoms with Gasteiger partial charge in [-0.3, -0.25) is 0 Å². The molecule has 2 aromatic rings. The predicted octanol–water partition coefficient (Wildman–Crippen LogP) is 2.46. The number of aromatic nitrogens is 1. The summed E-state index contributed by atoms with van der Waals surface area (Å²) in [7, 11) is 0. The van der Waals surface area contributed by atoms with Gasteiger partial charge in [0.15, 0.2) is 0 Å². The summed E-state index contributed by atoms with van der Waals surface area (Å²) in [5, 5.41) is 1.28. The molecule has 0 saturated carbocycles. The summed E-state index contributed by atoms with van der Waals surface area (Å²) >= 11 is 0.538. The summed E-state index contributed by atoms with van der Waals surface area (Å²) in [6, 6.07) is 16.9. The van der Waals surface area contributed by atoms with Crippen LogP contribution < -0.4 is 4.59 Å². The fourth-order valence-electron chi connectivity index (χ4n) is 1.53. The van der Waals surface area contributed by atoms with E-state index in [0.29, 0.717) is 15.0 Å². The van der Waals surface area contributed by atoms with Crippen molar-refractivity contribution in [3.63, 3.8) is 0 Å². The Hall–Kier alpha value is -1.11. The first-order chi connectivity index (χ1) is 7.95. The minimum absolute atomic E-state index is 0.538. The van der Waals surface area contributed by atoms with Crippen molar-refractivity contribution in [1.29, 1.82) is 0 Å². The van der Waals surface area contributed by atoms with Gasteiger partial charge in [0.2, 0.25) is 0 Å². The van der Waals surface area contributed by atoms with E-state index < -0.39 is 0 Å². The van der Waals surface area contributed by atoms with Gasteiger partial charge in [0.1, 0.15) is 0 Å². The van der Waals surface area contributed by atoms with E-state index in [2.05, 4.69) is 47.4 Å². The van der Waals surface area contributed by atoms with Crippen molar-refractivity contribution < 1.29 is 0 Å². The molecule has 0 unspecified atom stereocenters. The Kier molecular flexibility index (Phi) is 4.60. The molecule has 0 amide bonds. The zero-order valence-corrected chi connectivity index (χ0v) is 10.9. The molecule has 1 heterocycles. The first-order valence-corrected chi connectivity index (χ1v) is 7.60. The molecule has 0 bridgehead atoms. The van der Waals surface area contributed by atoms with Gasteiger partial charge in [-0.2, -0.15) is 0 Å². The first-order valence-electron chi connectivity index (χ1n) is 5.53. The van der Waals surface area contributed by atoms with Crippen LogP contribution in [0.1, 0.15) is 12.0 Å². The zero-order chi connectivity index (χ0) is 11.1. The molecule has 16 heavy (non-hydrogen) atoms. The van der Waals surface area contributed by atoms with Gasteiger partial charge in [0, 0.05) is 0 Å². The van der Waals surface area contributed by atoms with Crippen LogP contribution in [0.4, 0.5) is 0 Å². The molecule has 2 heteroatoms. The molecule has 1 aromatic heterocycles. The van der Waals surface area contributed by atoms with Gasteiger partial charge in [0.25, 0.3) is 0 Å². The molecule has 0 aliphatic rings. The Balaban J connectivity index is 1.70. The minimum atomic E-state index is 0.538. The standard InChI is InChI=1S/C14H15NSe/c1-2-7-13(8-3-1)9-6-12-16-14-10-4-5-11-15-14/h1-5,7-8,10-11H,6,9,12H2. The molecule has 0 aliphatic carbocycles. The number of aryl methyl sites for hydroxylation is 1. The van der Waals surface area contributed by atoms with Crippen molar-refractivity contribution in [2.24, 2.45) is 0 Å². The number of nitrogens with zero attached hydrogens (tertiary/aromatic N) is 1. The van der Waals surface area contributed by atoms with Crippen molar-refractivity contribution in [1.82, 2.24) is 4.98 Å². The summed E-state index contributed by atoms with van der Waals surface area (Å²) in [5.41, 5.74) is 1.44. The Morgan fingerprint density at radius 3 is 2.50 bits per heavy atom. The Labute approximate surface area is 103 Å². The van der Waals surface area contributed by atoms with Gasteiger partial charge >= 0.3 is 103 Å². The van der Waals surface area contributed by atoms with Crippen LogP contribution in [0.15, 0.2) is 54.7 Å². The van der Waals surface area contributed by atoms with Gasteiger partial charge in [-0.1, -0.05) is 0 Å². The number of hydrogen-bond acceptors (Lipinski definition) is 1. The van der Waals surface area contributed by atoms with Crippen LogP contribution in [0, 0.1) is 0 Å². The topological polar surface area (TPSA) is 12.9 Å². The monoisotopic (exact) mass is 277 g/mol. The summed E-state index contributed by atoms with van der Waals surface area (Å²) in [6.45, 7) is 0. The normalized spacial score (nSPS) is 10.2. The third-order valence-corrected chi connectivity index (χ3v) is 4.50. The Morgan fingerprint density at radius 1 is 0.938 bits per heavy atom.